The van der Waals surface area contributed by atoms with E-state index in [-0.39, 0.29) is 5.92 Å². The third kappa shape index (κ3) is 2.62. The van der Waals surface area contributed by atoms with Crippen LogP contribution in [0.3, 0.4) is 0 Å². The zero-order valence-electron chi connectivity index (χ0n) is 10.9. The number of aromatic nitrogens is 1. The van der Waals surface area contributed by atoms with E-state index >= 15 is 0 Å². The SMILES string of the molecule is OC(c1ccc(Br)c(Cl)c1)C1CCCc2cccnc21. The molecule has 1 aromatic heterocycles. The summed E-state index contributed by atoms with van der Waals surface area (Å²) in [7, 11) is 0. The van der Waals surface area contributed by atoms with Crippen LogP contribution in [-0.2, 0) is 6.42 Å². The van der Waals surface area contributed by atoms with E-state index in [4.69, 9.17) is 11.6 Å². The molecule has 1 aliphatic carbocycles. The predicted octanol–water partition coefficient (Wildman–Crippen LogP) is 4.65. The molecule has 104 valence electrons. The summed E-state index contributed by atoms with van der Waals surface area (Å²) in [5.41, 5.74) is 3.14. The number of fused-ring (bicyclic) bond motifs is 1. The summed E-state index contributed by atoms with van der Waals surface area (Å²) >= 11 is 9.50. The van der Waals surface area contributed by atoms with Gasteiger partial charge >= 0.3 is 0 Å². The van der Waals surface area contributed by atoms with E-state index in [0.29, 0.717) is 5.02 Å². The van der Waals surface area contributed by atoms with E-state index in [1.165, 1.54) is 5.56 Å². The van der Waals surface area contributed by atoms with Gasteiger partial charge in [0.05, 0.1) is 11.1 Å². The normalized spacial score (nSPS) is 19.4. The van der Waals surface area contributed by atoms with Crippen molar-refractivity contribution in [2.75, 3.05) is 0 Å². The van der Waals surface area contributed by atoms with Gasteiger partial charge in [0.2, 0.25) is 0 Å². The molecule has 0 amide bonds. The molecule has 2 unspecified atom stereocenters. The first-order valence-corrected chi connectivity index (χ1v) is 7.90. The molecule has 0 bridgehead atoms. The molecule has 1 heterocycles. The van der Waals surface area contributed by atoms with Gasteiger partial charge in [0.15, 0.2) is 0 Å². The minimum absolute atomic E-state index is 0.0530. The molecule has 2 aromatic rings. The molecule has 0 aliphatic heterocycles. The molecule has 0 radical (unpaired) electrons. The highest BCUT2D eigenvalue weighted by molar-refractivity contribution is 9.10. The number of halogens is 2. The Labute approximate surface area is 131 Å². The molecule has 4 heteroatoms. The van der Waals surface area contributed by atoms with Gasteiger partial charge in [0.1, 0.15) is 0 Å². The number of rotatable bonds is 2. The smallest absolute Gasteiger partial charge is 0.0874 e. The van der Waals surface area contributed by atoms with Crippen LogP contribution >= 0.6 is 27.5 Å². The maximum absolute atomic E-state index is 10.7. The van der Waals surface area contributed by atoms with E-state index in [1.807, 2.05) is 24.3 Å². The van der Waals surface area contributed by atoms with Crippen LogP contribution in [0.1, 0.15) is 41.7 Å². The second kappa shape index (κ2) is 5.84. The van der Waals surface area contributed by atoms with Crippen LogP contribution in [0.5, 0.6) is 0 Å². The summed E-state index contributed by atoms with van der Waals surface area (Å²) in [5, 5.41) is 11.3. The summed E-state index contributed by atoms with van der Waals surface area (Å²) in [5.74, 6) is 0.0530. The molecule has 2 atom stereocenters. The second-order valence-electron chi connectivity index (χ2n) is 5.16. The van der Waals surface area contributed by atoms with Gasteiger partial charge in [-0.25, -0.2) is 0 Å². The molecule has 0 saturated carbocycles. The fraction of sp³-hybridized carbons (Fsp3) is 0.312. The summed E-state index contributed by atoms with van der Waals surface area (Å²) in [6.07, 6.45) is 4.34. The Hall–Kier alpha value is -0.900. The van der Waals surface area contributed by atoms with Crippen molar-refractivity contribution in [2.24, 2.45) is 0 Å². The van der Waals surface area contributed by atoms with Crippen LogP contribution in [0.4, 0.5) is 0 Å². The van der Waals surface area contributed by atoms with E-state index < -0.39 is 6.10 Å². The number of pyridine rings is 1. The fourth-order valence-electron chi connectivity index (χ4n) is 2.88. The van der Waals surface area contributed by atoms with Crippen molar-refractivity contribution in [1.82, 2.24) is 4.98 Å². The molecule has 0 saturated heterocycles. The average Bonchev–Trinajstić information content (AvgIpc) is 2.49. The first-order chi connectivity index (χ1) is 9.66. The van der Waals surface area contributed by atoms with E-state index in [0.717, 1.165) is 35.0 Å². The van der Waals surface area contributed by atoms with Crippen LogP contribution in [0, 0.1) is 0 Å². The summed E-state index contributed by atoms with van der Waals surface area (Å²) < 4.78 is 0.845. The molecule has 1 aliphatic rings. The van der Waals surface area contributed by atoms with Crippen molar-refractivity contribution in [3.8, 4) is 0 Å². The topological polar surface area (TPSA) is 33.1 Å². The van der Waals surface area contributed by atoms with Crippen molar-refractivity contribution >= 4 is 27.5 Å². The van der Waals surface area contributed by atoms with E-state index in [2.05, 4.69) is 27.0 Å². The average molecular weight is 353 g/mol. The Balaban J connectivity index is 1.95. The predicted molar refractivity (Wildman–Crippen MR) is 84.0 cm³/mol. The maximum Gasteiger partial charge on any atom is 0.0874 e. The number of hydrogen-bond donors (Lipinski definition) is 1. The lowest BCUT2D eigenvalue weighted by Crippen LogP contribution is -2.18. The van der Waals surface area contributed by atoms with Crippen molar-refractivity contribution in [2.45, 2.75) is 31.3 Å². The van der Waals surface area contributed by atoms with Gasteiger partial charge in [-0.3, -0.25) is 4.98 Å². The van der Waals surface area contributed by atoms with Crippen molar-refractivity contribution in [3.05, 3.63) is 62.8 Å². The highest BCUT2D eigenvalue weighted by Gasteiger charge is 2.28. The van der Waals surface area contributed by atoms with Gasteiger partial charge in [-0.2, -0.15) is 0 Å². The summed E-state index contributed by atoms with van der Waals surface area (Å²) in [6.45, 7) is 0. The van der Waals surface area contributed by atoms with Gasteiger partial charge in [-0.15, -0.1) is 0 Å². The zero-order chi connectivity index (χ0) is 14.1. The Bertz CT molecular complexity index is 632. The van der Waals surface area contributed by atoms with Crippen LogP contribution in [0.2, 0.25) is 5.02 Å². The van der Waals surface area contributed by atoms with Gasteiger partial charge in [0.25, 0.3) is 0 Å². The Kier molecular flexibility index (Phi) is 4.11. The van der Waals surface area contributed by atoms with Crippen LogP contribution < -0.4 is 0 Å². The third-order valence-corrected chi connectivity index (χ3v) is 5.14. The molecular formula is C16H15BrClNO. The second-order valence-corrected chi connectivity index (χ2v) is 6.43. The highest BCUT2D eigenvalue weighted by Crippen LogP contribution is 2.40. The standard InChI is InChI=1S/C16H15BrClNO/c17-13-7-6-11(9-14(13)18)16(20)12-5-1-3-10-4-2-8-19-15(10)12/h2,4,6-9,12,16,20H,1,3,5H2. The molecule has 1 aromatic carbocycles. The minimum atomic E-state index is -0.561. The quantitative estimate of drug-likeness (QED) is 0.853. The molecule has 1 N–H and O–H groups in total. The molecule has 0 fully saturated rings. The van der Waals surface area contributed by atoms with Crippen LogP contribution in [-0.4, -0.2) is 10.1 Å². The number of hydrogen-bond acceptors (Lipinski definition) is 2. The van der Waals surface area contributed by atoms with Crippen LogP contribution in [0.25, 0.3) is 0 Å². The van der Waals surface area contributed by atoms with Gasteiger partial charge in [-0.1, -0.05) is 23.7 Å². The monoisotopic (exact) mass is 351 g/mol. The Morgan fingerprint density at radius 3 is 3.00 bits per heavy atom. The summed E-state index contributed by atoms with van der Waals surface area (Å²) in [4.78, 5) is 4.49. The van der Waals surface area contributed by atoms with E-state index in [1.54, 1.807) is 6.20 Å². The Morgan fingerprint density at radius 1 is 1.35 bits per heavy atom. The maximum atomic E-state index is 10.7. The zero-order valence-corrected chi connectivity index (χ0v) is 13.2. The van der Waals surface area contributed by atoms with Gasteiger partial charge in [-0.05, 0) is 64.5 Å². The van der Waals surface area contributed by atoms with Crippen molar-refractivity contribution < 1.29 is 5.11 Å². The van der Waals surface area contributed by atoms with Crippen molar-refractivity contribution in [3.63, 3.8) is 0 Å². The molecule has 2 nitrogen and oxygen atoms in total. The van der Waals surface area contributed by atoms with Crippen LogP contribution in [0.15, 0.2) is 41.0 Å². The first kappa shape index (κ1) is 14.1. The molecule has 20 heavy (non-hydrogen) atoms. The number of aryl methyl sites for hydroxylation is 1. The van der Waals surface area contributed by atoms with Crippen molar-refractivity contribution in [1.29, 1.82) is 0 Å². The lowest BCUT2D eigenvalue weighted by molar-refractivity contribution is 0.134. The number of aliphatic hydroxyl groups is 1. The minimum Gasteiger partial charge on any atom is -0.388 e. The molecule has 3 rings (SSSR count). The van der Waals surface area contributed by atoms with E-state index in [9.17, 15) is 5.11 Å². The Morgan fingerprint density at radius 2 is 2.20 bits per heavy atom. The fourth-order valence-corrected chi connectivity index (χ4v) is 3.32. The first-order valence-electron chi connectivity index (χ1n) is 6.73. The largest absolute Gasteiger partial charge is 0.388 e. The highest BCUT2D eigenvalue weighted by atomic mass is 79.9. The lowest BCUT2D eigenvalue weighted by Gasteiger charge is -2.28. The summed E-state index contributed by atoms with van der Waals surface area (Å²) in [6, 6.07) is 9.69. The van der Waals surface area contributed by atoms with Gasteiger partial charge in [0, 0.05) is 22.3 Å². The molecular weight excluding hydrogens is 338 g/mol. The lowest BCUT2D eigenvalue weighted by atomic mass is 9.81. The number of benzene rings is 1. The van der Waals surface area contributed by atoms with Gasteiger partial charge < -0.3 is 5.11 Å². The number of aliphatic hydroxyl groups excluding tert-OH is 1. The third-order valence-electron chi connectivity index (χ3n) is 3.90. The number of nitrogens with zero attached hydrogens (tertiary/aromatic N) is 1. The molecule has 0 spiro atoms.